The predicted octanol–water partition coefficient (Wildman–Crippen LogP) is 2.16. The molecule has 102 valence electrons. The Bertz CT molecular complexity index is 811. The molecule has 0 atom stereocenters. The molecule has 0 radical (unpaired) electrons. The number of nitrogens with zero attached hydrogens (tertiary/aromatic N) is 3. The predicted molar refractivity (Wildman–Crippen MR) is 80.5 cm³/mol. The molecule has 3 aromatic rings. The van der Waals surface area contributed by atoms with Gasteiger partial charge >= 0.3 is 5.69 Å². The van der Waals surface area contributed by atoms with Crippen molar-refractivity contribution in [3.63, 3.8) is 0 Å². The molecule has 1 N–H and O–H groups in total. The van der Waals surface area contributed by atoms with E-state index in [1.165, 1.54) is 4.68 Å². The van der Waals surface area contributed by atoms with Gasteiger partial charge in [0, 0.05) is 19.0 Å². The fraction of sp³-hybridized carbons (Fsp3) is 0.200. The highest BCUT2D eigenvalue weighted by Crippen LogP contribution is 2.22. The van der Waals surface area contributed by atoms with Crippen molar-refractivity contribution >= 4 is 16.7 Å². The van der Waals surface area contributed by atoms with E-state index in [0.717, 1.165) is 16.5 Å². The van der Waals surface area contributed by atoms with E-state index in [9.17, 15) is 4.79 Å². The normalized spacial score (nSPS) is 10.9. The summed E-state index contributed by atoms with van der Waals surface area (Å²) in [6.45, 7) is 2.69. The molecule has 1 aromatic heterocycles. The fourth-order valence-corrected chi connectivity index (χ4v) is 2.36. The Morgan fingerprint density at radius 3 is 2.70 bits per heavy atom. The first kappa shape index (κ1) is 12.5. The van der Waals surface area contributed by atoms with Gasteiger partial charge in [0.2, 0.25) is 5.95 Å². The van der Waals surface area contributed by atoms with Crippen LogP contribution in [0.4, 0.5) is 5.95 Å². The van der Waals surface area contributed by atoms with Crippen molar-refractivity contribution in [3.05, 3.63) is 52.9 Å². The van der Waals surface area contributed by atoms with E-state index in [1.54, 1.807) is 11.6 Å². The van der Waals surface area contributed by atoms with E-state index in [2.05, 4.69) is 10.4 Å². The van der Waals surface area contributed by atoms with Crippen LogP contribution in [0.15, 0.2) is 47.3 Å². The van der Waals surface area contributed by atoms with Crippen molar-refractivity contribution < 1.29 is 0 Å². The minimum Gasteiger partial charge on any atom is -0.354 e. The number of rotatable bonds is 3. The molecular weight excluding hydrogens is 252 g/mol. The van der Waals surface area contributed by atoms with Gasteiger partial charge in [-0.3, -0.25) is 0 Å². The Morgan fingerprint density at radius 2 is 1.90 bits per heavy atom. The van der Waals surface area contributed by atoms with Crippen molar-refractivity contribution in [3.8, 4) is 5.69 Å². The fourth-order valence-electron chi connectivity index (χ4n) is 2.36. The van der Waals surface area contributed by atoms with Crippen LogP contribution in [-0.2, 0) is 7.05 Å². The third-order valence-corrected chi connectivity index (χ3v) is 3.27. The van der Waals surface area contributed by atoms with Crippen LogP contribution < -0.4 is 11.0 Å². The summed E-state index contributed by atoms with van der Waals surface area (Å²) in [6.07, 6.45) is 0. The Balaban J connectivity index is 2.34. The SMILES string of the molecule is CCNc1nn(C)c(=O)n1-c1cccc2ccccc12. The summed E-state index contributed by atoms with van der Waals surface area (Å²) in [5.74, 6) is 0.566. The van der Waals surface area contributed by atoms with Gasteiger partial charge in [-0.25, -0.2) is 14.0 Å². The molecule has 0 aliphatic carbocycles. The first-order valence-electron chi connectivity index (χ1n) is 6.60. The maximum Gasteiger partial charge on any atom is 0.351 e. The lowest BCUT2D eigenvalue weighted by molar-refractivity contribution is 0.727. The van der Waals surface area contributed by atoms with Crippen LogP contribution in [0.5, 0.6) is 0 Å². The Labute approximate surface area is 116 Å². The van der Waals surface area contributed by atoms with Gasteiger partial charge in [0.15, 0.2) is 0 Å². The zero-order chi connectivity index (χ0) is 14.1. The average Bonchev–Trinajstić information content (AvgIpc) is 2.74. The number of aromatic nitrogens is 3. The summed E-state index contributed by atoms with van der Waals surface area (Å²) in [7, 11) is 1.66. The van der Waals surface area contributed by atoms with Gasteiger partial charge < -0.3 is 5.32 Å². The third-order valence-electron chi connectivity index (χ3n) is 3.27. The van der Waals surface area contributed by atoms with Crippen molar-refractivity contribution in [1.29, 1.82) is 0 Å². The lowest BCUT2D eigenvalue weighted by Gasteiger charge is -2.09. The zero-order valence-electron chi connectivity index (χ0n) is 11.5. The second-order valence-corrected chi connectivity index (χ2v) is 4.59. The molecular formula is C15H16N4O. The molecule has 20 heavy (non-hydrogen) atoms. The Morgan fingerprint density at radius 1 is 1.15 bits per heavy atom. The second-order valence-electron chi connectivity index (χ2n) is 4.59. The minimum atomic E-state index is -0.155. The smallest absolute Gasteiger partial charge is 0.351 e. The molecule has 2 aromatic carbocycles. The van der Waals surface area contributed by atoms with Crippen molar-refractivity contribution in [2.24, 2.45) is 7.05 Å². The van der Waals surface area contributed by atoms with E-state index in [-0.39, 0.29) is 5.69 Å². The maximum absolute atomic E-state index is 12.3. The molecule has 0 fully saturated rings. The molecule has 0 spiro atoms. The maximum atomic E-state index is 12.3. The quantitative estimate of drug-likeness (QED) is 0.792. The van der Waals surface area contributed by atoms with E-state index in [1.807, 2.05) is 49.4 Å². The highest BCUT2D eigenvalue weighted by atomic mass is 16.2. The van der Waals surface area contributed by atoms with E-state index < -0.39 is 0 Å². The lowest BCUT2D eigenvalue weighted by atomic mass is 10.1. The molecule has 0 aliphatic heterocycles. The van der Waals surface area contributed by atoms with Gasteiger partial charge in [-0.15, -0.1) is 5.10 Å². The van der Waals surface area contributed by atoms with Gasteiger partial charge in [-0.05, 0) is 18.4 Å². The molecule has 0 amide bonds. The average molecular weight is 268 g/mol. The van der Waals surface area contributed by atoms with Crippen LogP contribution in [0.2, 0.25) is 0 Å². The number of fused-ring (bicyclic) bond motifs is 1. The van der Waals surface area contributed by atoms with Crippen LogP contribution in [-0.4, -0.2) is 20.9 Å². The summed E-state index contributed by atoms with van der Waals surface area (Å²) < 4.78 is 2.96. The Hall–Kier alpha value is -2.56. The number of anilines is 1. The monoisotopic (exact) mass is 268 g/mol. The van der Waals surface area contributed by atoms with Crippen molar-refractivity contribution in [1.82, 2.24) is 14.3 Å². The molecule has 0 unspecified atom stereocenters. The largest absolute Gasteiger partial charge is 0.354 e. The van der Waals surface area contributed by atoms with E-state index in [4.69, 9.17) is 0 Å². The first-order chi connectivity index (χ1) is 9.72. The molecule has 3 rings (SSSR count). The van der Waals surface area contributed by atoms with Gasteiger partial charge in [0.25, 0.3) is 0 Å². The number of nitrogens with one attached hydrogen (secondary N) is 1. The molecule has 5 nitrogen and oxygen atoms in total. The topological polar surface area (TPSA) is 51.9 Å². The van der Waals surface area contributed by atoms with Crippen LogP contribution in [0.3, 0.4) is 0 Å². The highest BCUT2D eigenvalue weighted by molar-refractivity contribution is 5.90. The van der Waals surface area contributed by atoms with Crippen LogP contribution >= 0.6 is 0 Å². The molecule has 0 saturated heterocycles. The van der Waals surface area contributed by atoms with Crippen LogP contribution in [0.1, 0.15) is 6.92 Å². The van der Waals surface area contributed by atoms with Crippen LogP contribution in [0, 0.1) is 0 Å². The third kappa shape index (κ3) is 1.87. The molecule has 1 heterocycles. The van der Waals surface area contributed by atoms with Gasteiger partial charge in [0.05, 0.1) is 5.69 Å². The summed E-state index contributed by atoms with van der Waals surface area (Å²) in [5, 5.41) is 9.50. The first-order valence-corrected chi connectivity index (χ1v) is 6.60. The molecule has 0 saturated carbocycles. The van der Waals surface area contributed by atoms with Crippen LogP contribution in [0.25, 0.3) is 16.5 Å². The van der Waals surface area contributed by atoms with Gasteiger partial charge in [0.1, 0.15) is 0 Å². The standard InChI is InChI=1S/C15H16N4O/c1-3-16-14-17-18(2)15(20)19(14)13-10-6-8-11-7-4-5-9-12(11)13/h4-10H,3H2,1-2H3,(H,16,17). The highest BCUT2D eigenvalue weighted by Gasteiger charge is 2.14. The number of aryl methyl sites for hydroxylation is 1. The Kier molecular flexibility index (Phi) is 3.02. The summed E-state index contributed by atoms with van der Waals surface area (Å²) in [6, 6.07) is 13.9. The molecule has 0 bridgehead atoms. The minimum absolute atomic E-state index is 0.155. The van der Waals surface area contributed by atoms with Gasteiger partial charge in [-0.1, -0.05) is 36.4 Å². The summed E-state index contributed by atoms with van der Waals surface area (Å²) >= 11 is 0. The zero-order valence-corrected chi connectivity index (χ0v) is 11.5. The lowest BCUT2D eigenvalue weighted by Crippen LogP contribution is -2.22. The molecule has 5 heteroatoms. The van der Waals surface area contributed by atoms with Crippen molar-refractivity contribution in [2.45, 2.75) is 6.92 Å². The number of hydrogen-bond acceptors (Lipinski definition) is 3. The van der Waals surface area contributed by atoms with Crippen molar-refractivity contribution in [2.75, 3.05) is 11.9 Å². The van der Waals surface area contributed by atoms with E-state index in [0.29, 0.717) is 12.5 Å². The van der Waals surface area contributed by atoms with E-state index >= 15 is 0 Å². The number of hydrogen-bond donors (Lipinski definition) is 1. The molecule has 0 aliphatic rings. The summed E-state index contributed by atoms with van der Waals surface area (Å²) in [5.41, 5.74) is 0.689. The summed E-state index contributed by atoms with van der Waals surface area (Å²) in [4.78, 5) is 12.3. The number of benzene rings is 2. The second kappa shape index (κ2) is 4.85. The van der Waals surface area contributed by atoms with Gasteiger partial charge in [-0.2, -0.15) is 0 Å².